The summed E-state index contributed by atoms with van der Waals surface area (Å²) in [6.07, 6.45) is 1.37. The molecule has 0 fully saturated rings. The standard InChI is InChI=1S/C24H20ClN3O5/c1-24(2,23(30)27-26-15-16-3-11-20(12-4-16)28(31)32)33-21-13-7-18(8-14-21)22(29)17-5-9-19(25)10-6-17/h3-15H,1-2H3,(H,27,30)/b26-15+. The fourth-order valence-corrected chi connectivity index (χ4v) is 2.89. The van der Waals surface area contributed by atoms with Gasteiger partial charge in [0.2, 0.25) is 0 Å². The van der Waals surface area contributed by atoms with Crippen LogP contribution < -0.4 is 10.2 Å². The Morgan fingerprint density at radius 3 is 2.06 bits per heavy atom. The molecular weight excluding hydrogens is 446 g/mol. The maximum absolute atomic E-state index is 12.6. The quantitative estimate of drug-likeness (QED) is 0.222. The highest BCUT2D eigenvalue weighted by atomic mass is 35.5. The SMILES string of the molecule is CC(C)(Oc1ccc(C(=O)c2ccc(Cl)cc2)cc1)C(=O)N/N=C/c1ccc([N+](=O)[O-])cc1. The predicted octanol–water partition coefficient (Wildman–Crippen LogP) is 4.79. The van der Waals surface area contributed by atoms with E-state index in [1.807, 2.05) is 0 Å². The molecule has 0 saturated heterocycles. The van der Waals surface area contributed by atoms with Gasteiger partial charge in [-0.3, -0.25) is 19.7 Å². The molecule has 0 atom stereocenters. The molecule has 3 aromatic carbocycles. The first-order valence-electron chi connectivity index (χ1n) is 9.83. The number of halogens is 1. The van der Waals surface area contributed by atoms with Gasteiger partial charge in [0, 0.05) is 28.3 Å². The van der Waals surface area contributed by atoms with E-state index >= 15 is 0 Å². The van der Waals surface area contributed by atoms with Gasteiger partial charge < -0.3 is 4.74 Å². The van der Waals surface area contributed by atoms with Crippen LogP contribution in [0.2, 0.25) is 5.02 Å². The molecule has 33 heavy (non-hydrogen) atoms. The van der Waals surface area contributed by atoms with Gasteiger partial charge in [0.15, 0.2) is 11.4 Å². The molecule has 3 aromatic rings. The summed E-state index contributed by atoms with van der Waals surface area (Å²) in [7, 11) is 0. The summed E-state index contributed by atoms with van der Waals surface area (Å²) in [5, 5.41) is 15.1. The van der Waals surface area contributed by atoms with Crippen molar-refractivity contribution in [1.82, 2.24) is 5.43 Å². The molecule has 0 aromatic heterocycles. The van der Waals surface area contributed by atoms with E-state index in [9.17, 15) is 19.7 Å². The molecule has 0 heterocycles. The molecule has 0 bridgehead atoms. The average molecular weight is 466 g/mol. The van der Waals surface area contributed by atoms with Crippen molar-refractivity contribution in [3.63, 3.8) is 0 Å². The minimum absolute atomic E-state index is 0.0356. The Morgan fingerprint density at radius 1 is 0.970 bits per heavy atom. The molecule has 0 saturated carbocycles. The summed E-state index contributed by atoms with van der Waals surface area (Å²) >= 11 is 5.86. The smallest absolute Gasteiger partial charge is 0.283 e. The summed E-state index contributed by atoms with van der Waals surface area (Å²) in [4.78, 5) is 35.2. The number of hydrogen-bond acceptors (Lipinski definition) is 6. The number of amides is 1. The fourth-order valence-electron chi connectivity index (χ4n) is 2.77. The van der Waals surface area contributed by atoms with E-state index in [1.165, 1.54) is 30.5 Å². The van der Waals surface area contributed by atoms with Gasteiger partial charge in [0.05, 0.1) is 11.1 Å². The number of nitrogens with one attached hydrogen (secondary N) is 1. The molecule has 0 radical (unpaired) electrons. The first kappa shape index (κ1) is 23.6. The Kier molecular flexibility index (Phi) is 7.20. The minimum atomic E-state index is -1.26. The van der Waals surface area contributed by atoms with Gasteiger partial charge in [0.25, 0.3) is 11.6 Å². The second-order valence-corrected chi connectivity index (χ2v) is 7.96. The zero-order valence-electron chi connectivity index (χ0n) is 17.8. The molecular formula is C24H20ClN3O5. The van der Waals surface area contributed by atoms with Crippen molar-refractivity contribution < 1.29 is 19.2 Å². The minimum Gasteiger partial charge on any atom is -0.478 e. The van der Waals surface area contributed by atoms with E-state index in [4.69, 9.17) is 16.3 Å². The van der Waals surface area contributed by atoms with Crippen LogP contribution >= 0.6 is 11.6 Å². The zero-order valence-corrected chi connectivity index (χ0v) is 18.6. The van der Waals surface area contributed by atoms with E-state index < -0.39 is 16.4 Å². The third kappa shape index (κ3) is 6.24. The largest absolute Gasteiger partial charge is 0.478 e. The number of hydrazone groups is 1. The number of non-ortho nitro benzene ring substituents is 1. The lowest BCUT2D eigenvalue weighted by molar-refractivity contribution is -0.384. The number of hydrogen-bond donors (Lipinski definition) is 1. The topological polar surface area (TPSA) is 111 Å². The molecule has 1 N–H and O–H groups in total. The number of ketones is 1. The number of rotatable bonds is 8. The van der Waals surface area contributed by atoms with Crippen molar-refractivity contribution >= 4 is 35.2 Å². The van der Waals surface area contributed by atoms with Gasteiger partial charge in [-0.05, 0) is 80.1 Å². The first-order chi connectivity index (χ1) is 15.7. The van der Waals surface area contributed by atoms with E-state index in [2.05, 4.69) is 10.5 Å². The van der Waals surface area contributed by atoms with Gasteiger partial charge in [0.1, 0.15) is 5.75 Å². The van der Waals surface area contributed by atoms with E-state index in [0.29, 0.717) is 27.5 Å². The number of carbonyl (C=O) groups excluding carboxylic acids is 2. The van der Waals surface area contributed by atoms with Crippen LogP contribution in [0, 0.1) is 10.1 Å². The lowest BCUT2D eigenvalue weighted by atomic mass is 10.0. The normalized spacial score (nSPS) is 11.2. The molecule has 3 rings (SSSR count). The first-order valence-corrected chi connectivity index (χ1v) is 10.2. The molecule has 0 aliphatic heterocycles. The number of benzene rings is 3. The van der Waals surface area contributed by atoms with Crippen LogP contribution in [0.25, 0.3) is 0 Å². The Balaban J connectivity index is 1.59. The third-order valence-electron chi connectivity index (χ3n) is 4.63. The van der Waals surface area contributed by atoms with Gasteiger partial charge in [-0.1, -0.05) is 11.6 Å². The van der Waals surface area contributed by atoms with Crippen molar-refractivity contribution in [1.29, 1.82) is 0 Å². The van der Waals surface area contributed by atoms with Gasteiger partial charge in [-0.25, -0.2) is 5.43 Å². The van der Waals surface area contributed by atoms with Crippen molar-refractivity contribution in [2.24, 2.45) is 5.10 Å². The molecule has 0 aliphatic rings. The summed E-state index contributed by atoms with van der Waals surface area (Å²) in [5.41, 5.74) is 2.67. The van der Waals surface area contributed by atoms with Crippen molar-refractivity contribution in [3.8, 4) is 5.75 Å². The Labute approximate surface area is 195 Å². The fraction of sp³-hybridized carbons (Fsp3) is 0.125. The van der Waals surface area contributed by atoms with E-state index in [-0.39, 0.29) is 11.5 Å². The number of carbonyl (C=O) groups is 2. The predicted molar refractivity (Wildman–Crippen MR) is 125 cm³/mol. The monoisotopic (exact) mass is 465 g/mol. The second-order valence-electron chi connectivity index (χ2n) is 7.52. The molecule has 0 unspecified atom stereocenters. The van der Waals surface area contributed by atoms with Crippen LogP contribution in [-0.2, 0) is 4.79 Å². The van der Waals surface area contributed by atoms with Gasteiger partial charge >= 0.3 is 0 Å². The van der Waals surface area contributed by atoms with Crippen LogP contribution in [0.3, 0.4) is 0 Å². The van der Waals surface area contributed by atoms with Crippen LogP contribution in [-0.4, -0.2) is 28.4 Å². The summed E-state index contributed by atoms with van der Waals surface area (Å²) in [5.74, 6) is -0.250. The van der Waals surface area contributed by atoms with Crippen molar-refractivity contribution in [3.05, 3.63) is 105 Å². The molecule has 0 spiro atoms. The highest BCUT2D eigenvalue weighted by Crippen LogP contribution is 2.21. The molecule has 8 nitrogen and oxygen atoms in total. The van der Waals surface area contributed by atoms with Crippen LogP contribution in [0.5, 0.6) is 5.75 Å². The van der Waals surface area contributed by atoms with Gasteiger partial charge in [-0.15, -0.1) is 0 Å². The van der Waals surface area contributed by atoms with Crippen molar-refractivity contribution in [2.75, 3.05) is 0 Å². The number of nitro groups is 1. The number of nitrogens with zero attached hydrogens (tertiary/aromatic N) is 2. The van der Waals surface area contributed by atoms with Crippen LogP contribution in [0.15, 0.2) is 77.9 Å². The number of ether oxygens (including phenoxy) is 1. The number of nitro benzene ring substituents is 1. The summed E-state index contributed by atoms with van der Waals surface area (Å²) in [6.45, 7) is 3.16. The maximum atomic E-state index is 12.6. The zero-order chi connectivity index (χ0) is 24.0. The molecule has 0 aliphatic carbocycles. The Hall–Kier alpha value is -4.04. The molecule has 9 heteroatoms. The molecule has 168 valence electrons. The summed E-state index contributed by atoms with van der Waals surface area (Å²) in [6, 6.07) is 18.8. The van der Waals surface area contributed by atoms with Gasteiger partial charge in [-0.2, -0.15) is 5.10 Å². The highest BCUT2D eigenvalue weighted by molar-refractivity contribution is 6.30. The van der Waals surface area contributed by atoms with Crippen molar-refractivity contribution in [2.45, 2.75) is 19.4 Å². The van der Waals surface area contributed by atoms with E-state index in [1.54, 1.807) is 62.4 Å². The Morgan fingerprint density at radius 2 is 1.52 bits per heavy atom. The Bertz CT molecular complexity index is 1190. The maximum Gasteiger partial charge on any atom is 0.283 e. The average Bonchev–Trinajstić information content (AvgIpc) is 2.79. The lowest BCUT2D eigenvalue weighted by Crippen LogP contribution is -2.44. The van der Waals surface area contributed by atoms with Crippen LogP contribution in [0.1, 0.15) is 35.3 Å². The highest BCUT2D eigenvalue weighted by Gasteiger charge is 2.30. The summed E-state index contributed by atoms with van der Waals surface area (Å²) < 4.78 is 5.78. The van der Waals surface area contributed by atoms with Crippen LogP contribution in [0.4, 0.5) is 5.69 Å². The second kappa shape index (κ2) is 10.1. The third-order valence-corrected chi connectivity index (χ3v) is 4.88. The van der Waals surface area contributed by atoms with E-state index in [0.717, 1.165) is 0 Å². The lowest BCUT2D eigenvalue weighted by Gasteiger charge is -2.24. The molecule has 1 amide bonds.